The van der Waals surface area contributed by atoms with E-state index < -0.39 is 0 Å². The lowest BCUT2D eigenvalue weighted by atomic mass is 10.2. The molecule has 3 rings (SSSR count). The minimum atomic E-state index is -0.0893. The van der Waals surface area contributed by atoms with E-state index in [9.17, 15) is 4.79 Å². The van der Waals surface area contributed by atoms with Crippen molar-refractivity contribution in [3.8, 4) is 11.4 Å². The van der Waals surface area contributed by atoms with Gasteiger partial charge < -0.3 is 14.4 Å². The Morgan fingerprint density at radius 1 is 1.33 bits per heavy atom. The fraction of sp³-hybridized carbons (Fsp3) is 0.250. The second-order valence-corrected chi connectivity index (χ2v) is 5.66. The molecule has 0 spiro atoms. The number of imidazole rings is 1. The van der Waals surface area contributed by atoms with Gasteiger partial charge in [0.05, 0.1) is 0 Å². The van der Waals surface area contributed by atoms with Crippen LogP contribution in [0, 0.1) is 6.92 Å². The average Bonchev–Trinajstić information content (AvgIpc) is 3.18. The van der Waals surface area contributed by atoms with Gasteiger partial charge in [-0.05, 0) is 31.2 Å². The molecule has 0 aliphatic heterocycles. The smallest absolute Gasteiger partial charge is 0.239 e. The molecule has 2 heterocycles. The summed E-state index contributed by atoms with van der Waals surface area (Å²) < 4.78 is 6.97. The lowest BCUT2D eigenvalue weighted by Crippen LogP contribution is -2.29. The fourth-order valence-corrected chi connectivity index (χ4v) is 2.29. The first-order valence-corrected chi connectivity index (χ1v) is 7.82. The Balaban J connectivity index is 1.50. The molecule has 24 heavy (non-hydrogen) atoms. The Labute approximate surface area is 143 Å². The molecule has 8 heteroatoms. The van der Waals surface area contributed by atoms with Gasteiger partial charge in [-0.2, -0.15) is 4.98 Å². The maximum absolute atomic E-state index is 11.9. The quantitative estimate of drug-likeness (QED) is 0.740. The van der Waals surface area contributed by atoms with Gasteiger partial charge in [0.15, 0.2) is 0 Å². The standard InChI is InChI=1S/C16H16ClN5O2/c1-11-18-8-9-22(11)10-14(23)19-7-6-15-20-16(21-24-15)12-2-4-13(17)5-3-12/h2-5,8-9H,6-7,10H2,1H3,(H,19,23). The van der Waals surface area contributed by atoms with E-state index in [1.807, 2.05) is 19.1 Å². The zero-order chi connectivity index (χ0) is 16.9. The summed E-state index contributed by atoms with van der Waals surface area (Å²) in [5.41, 5.74) is 0.828. The number of rotatable bonds is 6. The highest BCUT2D eigenvalue weighted by atomic mass is 35.5. The SMILES string of the molecule is Cc1nccn1CC(=O)NCCc1nc(-c2ccc(Cl)cc2)no1. The average molecular weight is 346 g/mol. The van der Waals surface area contributed by atoms with Gasteiger partial charge in [0.25, 0.3) is 0 Å². The number of halogens is 1. The molecule has 1 N–H and O–H groups in total. The van der Waals surface area contributed by atoms with Crippen molar-refractivity contribution in [2.75, 3.05) is 6.54 Å². The maximum Gasteiger partial charge on any atom is 0.239 e. The van der Waals surface area contributed by atoms with Crippen LogP contribution in [0.2, 0.25) is 5.02 Å². The number of nitrogens with one attached hydrogen (secondary N) is 1. The molecule has 124 valence electrons. The van der Waals surface area contributed by atoms with Crippen LogP contribution in [0.5, 0.6) is 0 Å². The van der Waals surface area contributed by atoms with Crippen molar-refractivity contribution in [2.24, 2.45) is 0 Å². The number of aromatic nitrogens is 4. The number of aryl methyl sites for hydroxylation is 1. The molecule has 0 unspecified atom stereocenters. The highest BCUT2D eigenvalue weighted by Crippen LogP contribution is 2.18. The summed E-state index contributed by atoms with van der Waals surface area (Å²) in [6.07, 6.45) is 3.90. The number of benzene rings is 1. The predicted octanol–water partition coefficient (Wildman–Crippen LogP) is 2.25. The highest BCUT2D eigenvalue weighted by Gasteiger charge is 2.09. The minimum Gasteiger partial charge on any atom is -0.354 e. The summed E-state index contributed by atoms with van der Waals surface area (Å²) in [6, 6.07) is 7.19. The van der Waals surface area contributed by atoms with Crippen LogP contribution in [0.15, 0.2) is 41.2 Å². The summed E-state index contributed by atoms with van der Waals surface area (Å²) in [5, 5.41) is 7.40. The summed E-state index contributed by atoms with van der Waals surface area (Å²) in [4.78, 5) is 20.3. The molecule has 7 nitrogen and oxygen atoms in total. The summed E-state index contributed by atoms with van der Waals surface area (Å²) in [5.74, 6) is 1.68. The molecular weight excluding hydrogens is 330 g/mol. The van der Waals surface area contributed by atoms with Gasteiger partial charge in [-0.25, -0.2) is 4.98 Å². The first-order valence-electron chi connectivity index (χ1n) is 7.45. The second-order valence-electron chi connectivity index (χ2n) is 5.22. The number of carbonyl (C=O) groups excluding carboxylic acids is 1. The van der Waals surface area contributed by atoms with Gasteiger partial charge in [-0.3, -0.25) is 4.79 Å². The first kappa shape index (κ1) is 16.2. The Morgan fingerprint density at radius 3 is 2.83 bits per heavy atom. The van der Waals surface area contributed by atoms with Crippen molar-refractivity contribution in [1.29, 1.82) is 0 Å². The highest BCUT2D eigenvalue weighted by molar-refractivity contribution is 6.30. The molecule has 0 aliphatic carbocycles. The van der Waals surface area contributed by atoms with Crippen LogP contribution in [0.4, 0.5) is 0 Å². The molecule has 2 aromatic heterocycles. The molecule has 0 radical (unpaired) electrons. The van der Waals surface area contributed by atoms with E-state index >= 15 is 0 Å². The molecule has 0 saturated carbocycles. The topological polar surface area (TPSA) is 85.8 Å². The molecule has 0 bridgehead atoms. The summed E-state index contributed by atoms with van der Waals surface area (Å²) in [6.45, 7) is 2.52. The van der Waals surface area contributed by atoms with Crippen LogP contribution in [0.3, 0.4) is 0 Å². The zero-order valence-corrected chi connectivity index (χ0v) is 13.8. The Hall–Kier alpha value is -2.67. The molecule has 1 amide bonds. The zero-order valence-electron chi connectivity index (χ0n) is 13.1. The monoisotopic (exact) mass is 345 g/mol. The third-order valence-corrected chi connectivity index (χ3v) is 3.72. The largest absolute Gasteiger partial charge is 0.354 e. The Morgan fingerprint density at radius 2 is 2.12 bits per heavy atom. The normalized spacial score (nSPS) is 10.8. The first-order chi connectivity index (χ1) is 11.6. The van der Waals surface area contributed by atoms with Crippen LogP contribution in [0.1, 0.15) is 11.7 Å². The summed E-state index contributed by atoms with van der Waals surface area (Å²) in [7, 11) is 0. The van der Waals surface area contributed by atoms with Crippen LogP contribution < -0.4 is 5.32 Å². The van der Waals surface area contributed by atoms with Gasteiger partial charge in [0.2, 0.25) is 17.6 Å². The Kier molecular flexibility index (Phi) is 4.90. The van der Waals surface area contributed by atoms with Crippen LogP contribution in [-0.4, -0.2) is 32.1 Å². The molecule has 0 fully saturated rings. The molecular formula is C16H16ClN5O2. The van der Waals surface area contributed by atoms with Crippen molar-refractivity contribution in [2.45, 2.75) is 19.9 Å². The van der Waals surface area contributed by atoms with E-state index in [1.165, 1.54) is 0 Å². The molecule has 1 aromatic carbocycles. The third kappa shape index (κ3) is 3.99. The van der Waals surface area contributed by atoms with Gasteiger partial charge in [0.1, 0.15) is 12.4 Å². The number of carbonyl (C=O) groups is 1. The van der Waals surface area contributed by atoms with Gasteiger partial charge in [-0.1, -0.05) is 16.8 Å². The molecule has 0 atom stereocenters. The van der Waals surface area contributed by atoms with Gasteiger partial charge >= 0.3 is 0 Å². The van der Waals surface area contributed by atoms with E-state index in [0.29, 0.717) is 29.7 Å². The molecule has 3 aromatic rings. The van der Waals surface area contributed by atoms with Crippen LogP contribution in [0.25, 0.3) is 11.4 Å². The number of nitrogens with zero attached hydrogens (tertiary/aromatic N) is 4. The molecule has 0 aliphatic rings. The number of hydrogen-bond donors (Lipinski definition) is 1. The van der Waals surface area contributed by atoms with Crippen molar-refractivity contribution in [3.63, 3.8) is 0 Å². The van der Waals surface area contributed by atoms with Crippen molar-refractivity contribution >= 4 is 17.5 Å². The summed E-state index contributed by atoms with van der Waals surface area (Å²) >= 11 is 5.85. The van der Waals surface area contributed by atoms with Gasteiger partial charge in [-0.15, -0.1) is 0 Å². The van der Waals surface area contributed by atoms with E-state index in [4.69, 9.17) is 16.1 Å². The molecule has 0 saturated heterocycles. The Bertz CT molecular complexity index is 825. The van der Waals surface area contributed by atoms with E-state index in [0.717, 1.165) is 11.4 Å². The lowest BCUT2D eigenvalue weighted by molar-refractivity contribution is -0.121. The minimum absolute atomic E-state index is 0.0893. The van der Waals surface area contributed by atoms with Crippen molar-refractivity contribution < 1.29 is 9.32 Å². The van der Waals surface area contributed by atoms with Crippen LogP contribution in [-0.2, 0) is 17.8 Å². The maximum atomic E-state index is 11.9. The van der Waals surface area contributed by atoms with E-state index in [2.05, 4.69) is 20.4 Å². The number of hydrogen-bond acceptors (Lipinski definition) is 5. The van der Waals surface area contributed by atoms with Crippen LogP contribution >= 0.6 is 11.6 Å². The fourth-order valence-electron chi connectivity index (χ4n) is 2.16. The van der Waals surface area contributed by atoms with E-state index in [-0.39, 0.29) is 12.5 Å². The van der Waals surface area contributed by atoms with Crippen molar-refractivity contribution in [3.05, 3.63) is 53.4 Å². The number of amides is 1. The third-order valence-electron chi connectivity index (χ3n) is 3.47. The lowest BCUT2D eigenvalue weighted by Gasteiger charge is -2.05. The van der Waals surface area contributed by atoms with Crippen molar-refractivity contribution in [1.82, 2.24) is 25.0 Å². The van der Waals surface area contributed by atoms with Gasteiger partial charge in [0, 0.05) is 35.9 Å². The second kappa shape index (κ2) is 7.27. The van der Waals surface area contributed by atoms with E-state index in [1.54, 1.807) is 29.1 Å². The predicted molar refractivity (Wildman–Crippen MR) is 88.4 cm³/mol.